The van der Waals surface area contributed by atoms with Crippen molar-refractivity contribution in [3.8, 4) is 0 Å². The van der Waals surface area contributed by atoms with Crippen LogP contribution < -0.4 is 5.73 Å². The Morgan fingerprint density at radius 2 is 1.17 bits per heavy atom. The van der Waals surface area contributed by atoms with E-state index < -0.39 is 0 Å². The van der Waals surface area contributed by atoms with Gasteiger partial charge in [-0.3, -0.25) is 0 Å². The molecule has 0 atom stereocenters. The molecule has 1 radical (unpaired) electrons. The van der Waals surface area contributed by atoms with E-state index in [0.717, 1.165) is 17.8 Å². The van der Waals surface area contributed by atoms with Gasteiger partial charge in [-0.05, 0) is 56.3 Å². The van der Waals surface area contributed by atoms with Gasteiger partial charge in [0.05, 0.1) is 0 Å². The number of rotatable bonds is 0. The fourth-order valence-electron chi connectivity index (χ4n) is 4.18. The van der Waals surface area contributed by atoms with E-state index in [1.54, 1.807) is 0 Å². The standard InChI is InChI=1S/C10H17N.Na/c11-10-4-7-1-8(5-10)3-9(2-7)6-10;/h7-9H,1-6,11H2;. The van der Waals surface area contributed by atoms with E-state index in [2.05, 4.69) is 0 Å². The molecule has 0 unspecified atom stereocenters. The zero-order chi connectivity index (χ0) is 7.47. The van der Waals surface area contributed by atoms with Crippen LogP contribution in [0.1, 0.15) is 38.5 Å². The summed E-state index contributed by atoms with van der Waals surface area (Å²) in [6.45, 7) is 0. The molecular weight excluding hydrogens is 157 g/mol. The fraction of sp³-hybridized carbons (Fsp3) is 1.00. The van der Waals surface area contributed by atoms with E-state index in [1.807, 2.05) is 0 Å². The van der Waals surface area contributed by atoms with Crippen LogP contribution in [0.3, 0.4) is 0 Å². The molecule has 0 heterocycles. The molecule has 0 aromatic heterocycles. The largest absolute Gasteiger partial charge is 0.325 e. The third-order valence-electron chi connectivity index (χ3n) is 4.09. The smallest absolute Gasteiger partial charge is 0.0162 e. The molecule has 0 aromatic rings. The first kappa shape index (κ1) is 9.51. The first-order valence-electron chi connectivity index (χ1n) is 5.02. The molecule has 4 aliphatic carbocycles. The van der Waals surface area contributed by atoms with Gasteiger partial charge in [0.1, 0.15) is 0 Å². The molecule has 1 nitrogen and oxygen atoms in total. The fourth-order valence-corrected chi connectivity index (χ4v) is 4.18. The Morgan fingerprint density at radius 1 is 0.833 bits per heavy atom. The molecule has 4 bridgehead atoms. The molecule has 0 aliphatic heterocycles. The summed E-state index contributed by atoms with van der Waals surface area (Å²) in [7, 11) is 0. The van der Waals surface area contributed by atoms with E-state index in [-0.39, 0.29) is 29.6 Å². The minimum atomic E-state index is 0. The summed E-state index contributed by atoms with van der Waals surface area (Å²) in [6.07, 6.45) is 8.57. The zero-order valence-corrected chi connectivity index (χ0v) is 10.1. The van der Waals surface area contributed by atoms with E-state index >= 15 is 0 Å². The summed E-state index contributed by atoms with van der Waals surface area (Å²) in [6, 6.07) is 0. The van der Waals surface area contributed by atoms with Gasteiger partial charge in [-0.2, -0.15) is 0 Å². The predicted octanol–water partition coefficient (Wildman–Crippen LogP) is 1.53. The van der Waals surface area contributed by atoms with Crippen LogP contribution in [0.15, 0.2) is 0 Å². The molecule has 2 heteroatoms. The monoisotopic (exact) mass is 174 g/mol. The maximum atomic E-state index is 6.32. The van der Waals surface area contributed by atoms with Crippen LogP contribution in [0, 0.1) is 17.8 Å². The van der Waals surface area contributed by atoms with Crippen LogP contribution in [0.5, 0.6) is 0 Å². The Bertz CT molecular complexity index is 155. The minimum Gasteiger partial charge on any atom is -0.325 e. The molecule has 0 spiro atoms. The normalized spacial score (nSPS) is 55.2. The maximum absolute atomic E-state index is 6.32. The molecule has 0 aromatic carbocycles. The summed E-state index contributed by atoms with van der Waals surface area (Å²) < 4.78 is 0. The average molecular weight is 174 g/mol. The van der Waals surface area contributed by atoms with Crippen LogP contribution in [-0.2, 0) is 0 Å². The maximum Gasteiger partial charge on any atom is 0.0162 e. The zero-order valence-electron chi connectivity index (χ0n) is 8.05. The van der Waals surface area contributed by atoms with Crippen molar-refractivity contribution in [1.82, 2.24) is 0 Å². The van der Waals surface area contributed by atoms with Gasteiger partial charge in [-0.15, -0.1) is 0 Å². The van der Waals surface area contributed by atoms with Gasteiger partial charge in [0.25, 0.3) is 0 Å². The Kier molecular flexibility index (Phi) is 2.36. The van der Waals surface area contributed by atoms with E-state index in [9.17, 15) is 0 Å². The van der Waals surface area contributed by atoms with Gasteiger partial charge in [0, 0.05) is 35.1 Å². The van der Waals surface area contributed by atoms with Crippen LogP contribution in [0.2, 0.25) is 0 Å². The predicted molar refractivity (Wildman–Crippen MR) is 50.8 cm³/mol. The van der Waals surface area contributed by atoms with E-state index in [1.165, 1.54) is 38.5 Å². The molecule has 4 saturated carbocycles. The molecule has 4 aliphatic rings. The van der Waals surface area contributed by atoms with Crippen molar-refractivity contribution in [3.63, 3.8) is 0 Å². The summed E-state index contributed by atoms with van der Waals surface area (Å²) >= 11 is 0. The van der Waals surface area contributed by atoms with Gasteiger partial charge in [-0.25, -0.2) is 0 Å². The molecule has 4 fully saturated rings. The third kappa shape index (κ3) is 1.39. The molecule has 63 valence electrons. The number of hydrogen-bond acceptors (Lipinski definition) is 1. The Morgan fingerprint density at radius 3 is 1.42 bits per heavy atom. The van der Waals surface area contributed by atoms with Gasteiger partial charge >= 0.3 is 0 Å². The molecule has 12 heavy (non-hydrogen) atoms. The average Bonchev–Trinajstić information content (AvgIpc) is 1.79. The van der Waals surface area contributed by atoms with Crippen LogP contribution in [0.4, 0.5) is 0 Å². The quantitative estimate of drug-likeness (QED) is 0.554. The van der Waals surface area contributed by atoms with Crippen molar-refractivity contribution in [2.45, 2.75) is 44.1 Å². The molecule has 4 rings (SSSR count). The summed E-state index contributed by atoms with van der Waals surface area (Å²) in [4.78, 5) is 0. The second-order valence-corrected chi connectivity index (χ2v) is 5.28. The second kappa shape index (κ2) is 2.98. The Hall–Kier alpha value is 0.960. The molecule has 0 amide bonds. The Balaban J connectivity index is 0.000000563. The second-order valence-electron chi connectivity index (χ2n) is 5.28. The van der Waals surface area contributed by atoms with Gasteiger partial charge in [-0.1, -0.05) is 0 Å². The molecule has 0 saturated heterocycles. The van der Waals surface area contributed by atoms with Crippen LogP contribution >= 0.6 is 0 Å². The minimum absolute atomic E-state index is 0. The molecular formula is C10H17NNa. The summed E-state index contributed by atoms with van der Waals surface area (Å²) in [5, 5.41) is 0. The topological polar surface area (TPSA) is 26.0 Å². The summed E-state index contributed by atoms with van der Waals surface area (Å²) in [5.74, 6) is 3.06. The van der Waals surface area contributed by atoms with E-state index in [0.29, 0.717) is 5.54 Å². The van der Waals surface area contributed by atoms with Crippen LogP contribution in [-0.4, -0.2) is 35.1 Å². The summed E-state index contributed by atoms with van der Waals surface area (Å²) in [5.41, 5.74) is 6.62. The van der Waals surface area contributed by atoms with Crippen molar-refractivity contribution >= 4 is 29.6 Å². The first-order valence-corrected chi connectivity index (χ1v) is 5.02. The van der Waals surface area contributed by atoms with Gasteiger partial charge < -0.3 is 5.73 Å². The molecule has 2 N–H and O–H groups in total. The van der Waals surface area contributed by atoms with Crippen molar-refractivity contribution in [2.24, 2.45) is 23.5 Å². The SMILES string of the molecule is NC12CC3CC(CC(C3)C1)C2.[Na]. The van der Waals surface area contributed by atoms with Gasteiger partial charge in [0.15, 0.2) is 0 Å². The van der Waals surface area contributed by atoms with Crippen LogP contribution in [0.25, 0.3) is 0 Å². The van der Waals surface area contributed by atoms with Crippen molar-refractivity contribution in [1.29, 1.82) is 0 Å². The van der Waals surface area contributed by atoms with Gasteiger partial charge in [0.2, 0.25) is 0 Å². The Labute approximate surface area is 96.8 Å². The van der Waals surface area contributed by atoms with E-state index in [4.69, 9.17) is 5.73 Å². The third-order valence-corrected chi connectivity index (χ3v) is 4.09. The van der Waals surface area contributed by atoms with Crippen molar-refractivity contribution < 1.29 is 0 Å². The van der Waals surface area contributed by atoms with Crippen molar-refractivity contribution in [3.05, 3.63) is 0 Å². The first-order chi connectivity index (χ1) is 5.23. The number of hydrogen-bond donors (Lipinski definition) is 1. The van der Waals surface area contributed by atoms with Crippen molar-refractivity contribution in [2.75, 3.05) is 0 Å². The number of nitrogens with two attached hydrogens (primary N) is 1.